The van der Waals surface area contributed by atoms with E-state index >= 15 is 0 Å². The van der Waals surface area contributed by atoms with Crippen molar-refractivity contribution in [3.05, 3.63) is 34.8 Å². The van der Waals surface area contributed by atoms with E-state index in [2.05, 4.69) is 10.2 Å². The van der Waals surface area contributed by atoms with Gasteiger partial charge in [0.05, 0.1) is 12.3 Å². The van der Waals surface area contributed by atoms with Crippen LogP contribution < -0.4 is 15.0 Å². The Hall–Kier alpha value is -2.61. The van der Waals surface area contributed by atoms with Gasteiger partial charge in [-0.2, -0.15) is 0 Å². The molecule has 0 radical (unpaired) electrons. The van der Waals surface area contributed by atoms with Crippen LogP contribution in [-0.2, 0) is 22.4 Å². The number of hydrogen-bond donors (Lipinski definition) is 1. The second-order valence-electron chi connectivity index (χ2n) is 7.75. The molecule has 1 N–H and O–H groups in total. The predicted octanol–water partition coefficient (Wildman–Crippen LogP) is 2.95. The van der Waals surface area contributed by atoms with E-state index in [0.29, 0.717) is 6.61 Å². The van der Waals surface area contributed by atoms with Crippen molar-refractivity contribution in [1.29, 1.82) is 0 Å². The number of nitrogens with one attached hydrogen (secondary N) is 1. The van der Waals surface area contributed by atoms with Gasteiger partial charge in [0.15, 0.2) is 5.13 Å². The summed E-state index contributed by atoms with van der Waals surface area (Å²) in [6.07, 6.45) is 2.39. The molecule has 4 rings (SSSR count). The molecule has 1 aliphatic heterocycles. The summed E-state index contributed by atoms with van der Waals surface area (Å²) in [5.41, 5.74) is 1.93. The predicted molar refractivity (Wildman–Crippen MR) is 118 cm³/mol. The number of amides is 2. The third-order valence-electron chi connectivity index (χ3n) is 5.73. The molecular weight excluding hydrogens is 400 g/mol. The van der Waals surface area contributed by atoms with Crippen LogP contribution in [0.1, 0.15) is 30.8 Å². The fourth-order valence-corrected chi connectivity index (χ4v) is 5.22. The fourth-order valence-electron chi connectivity index (χ4n) is 3.98. The number of carbonyl (C=O) groups is 2. The van der Waals surface area contributed by atoms with E-state index < -0.39 is 0 Å². The van der Waals surface area contributed by atoms with Gasteiger partial charge in [-0.25, -0.2) is 4.98 Å². The first-order valence-electron chi connectivity index (χ1n) is 10.6. The van der Waals surface area contributed by atoms with E-state index in [9.17, 15) is 9.59 Å². The number of rotatable bonds is 5. The second-order valence-corrected chi connectivity index (χ2v) is 8.81. The van der Waals surface area contributed by atoms with Crippen LogP contribution in [0, 0.1) is 5.92 Å². The Morgan fingerprint density at radius 2 is 1.93 bits per heavy atom. The number of piperazine rings is 1. The molecule has 1 atom stereocenters. The summed E-state index contributed by atoms with van der Waals surface area (Å²) in [5.74, 6) is 0.968. The van der Waals surface area contributed by atoms with E-state index in [0.717, 1.165) is 67.7 Å². The van der Waals surface area contributed by atoms with Crippen LogP contribution in [0.2, 0.25) is 0 Å². The molecule has 1 saturated heterocycles. The molecule has 2 amide bonds. The summed E-state index contributed by atoms with van der Waals surface area (Å²) in [5, 5.41) is 4.06. The summed E-state index contributed by atoms with van der Waals surface area (Å²) < 4.78 is 5.45. The minimum atomic E-state index is -0.0353. The topological polar surface area (TPSA) is 74.8 Å². The Morgan fingerprint density at radius 3 is 2.60 bits per heavy atom. The lowest BCUT2D eigenvalue weighted by atomic mass is 9.90. The average Bonchev–Trinajstić information content (AvgIpc) is 3.19. The molecule has 0 spiro atoms. The van der Waals surface area contributed by atoms with Crippen LogP contribution in [0.4, 0.5) is 10.8 Å². The quantitative estimate of drug-likeness (QED) is 0.793. The Bertz CT molecular complexity index is 904. The minimum absolute atomic E-state index is 0.0353. The third-order valence-corrected chi connectivity index (χ3v) is 6.91. The maximum atomic E-state index is 12.8. The van der Waals surface area contributed by atoms with Gasteiger partial charge in [-0.05, 0) is 50.5 Å². The van der Waals surface area contributed by atoms with Gasteiger partial charge in [0.1, 0.15) is 5.75 Å². The lowest BCUT2D eigenvalue weighted by molar-refractivity contribution is -0.129. The highest BCUT2D eigenvalue weighted by molar-refractivity contribution is 7.15. The van der Waals surface area contributed by atoms with Gasteiger partial charge in [0.2, 0.25) is 11.8 Å². The van der Waals surface area contributed by atoms with Crippen LogP contribution in [0.3, 0.4) is 0 Å². The molecule has 1 aromatic heterocycles. The first-order chi connectivity index (χ1) is 14.5. The molecule has 1 aromatic carbocycles. The van der Waals surface area contributed by atoms with Crippen LogP contribution in [0.5, 0.6) is 5.75 Å². The van der Waals surface area contributed by atoms with Crippen molar-refractivity contribution in [3.63, 3.8) is 0 Å². The van der Waals surface area contributed by atoms with E-state index in [4.69, 9.17) is 9.72 Å². The molecule has 1 aliphatic carbocycles. The van der Waals surface area contributed by atoms with E-state index in [1.807, 2.05) is 36.1 Å². The number of aryl methyl sites for hydroxylation is 1. The van der Waals surface area contributed by atoms with Crippen molar-refractivity contribution in [2.45, 2.75) is 33.1 Å². The van der Waals surface area contributed by atoms with Crippen LogP contribution in [0.15, 0.2) is 24.3 Å². The lowest BCUT2D eigenvalue weighted by Gasteiger charge is -2.33. The van der Waals surface area contributed by atoms with Gasteiger partial charge in [0.25, 0.3) is 0 Å². The number of nitrogens with zero attached hydrogens (tertiary/aromatic N) is 3. The van der Waals surface area contributed by atoms with Gasteiger partial charge in [0, 0.05) is 49.6 Å². The van der Waals surface area contributed by atoms with Crippen molar-refractivity contribution < 1.29 is 14.3 Å². The molecule has 2 aromatic rings. The molecule has 7 nitrogen and oxygen atoms in total. The van der Waals surface area contributed by atoms with E-state index in [1.165, 1.54) is 4.88 Å². The van der Waals surface area contributed by atoms with Crippen LogP contribution in [-0.4, -0.2) is 54.5 Å². The summed E-state index contributed by atoms with van der Waals surface area (Å²) in [6, 6.07) is 7.50. The molecular formula is C22H28N4O3S. The van der Waals surface area contributed by atoms with Crippen molar-refractivity contribution in [2.75, 3.05) is 43.0 Å². The molecule has 0 bridgehead atoms. The van der Waals surface area contributed by atoms with Crippen molar-refractivity contribution in [3.8, 4) is 5.75 Å². The first-order valence-corrected chi connectivity index (χ1v) is 11.4. The van der Waals surface area contributed by atoms with Gasteiger partial charge in [-0.3, -0.25) is 9.59 Å². The minimum Gasteiger partial charge on any atom is -0.494 e. The third kappa shape index (κ3) is 4.59. The lowest BCUT2D eigenvalue weighted by Crippen LogP contribution is -2.48. The SMILES string of the molecule is CCOc1ccc(NC(=O)[C@H]2CCc3nc(N4CCN(C(C)=O)CC4)sc3C2)cc1. The zero-order valence-corrected chi connectivity index (χ0v) is 18.3. The zero-order chi connectivity index (χ0) is 21.1. The highest BCUT2D eigenvalue weighted by Crippen LogP contribution is 2.35. The van der Waals surface area contributed by atoms with Crippen molar-refractivity contribution in [2.24, 2.45) is 5.92 Å². The maximum absolute atomic E-state index is 12.8. The Balaban J connectivity index is 1.35. The Kier molecular flexibility index (Phi) is 6.22. The molecule has 0 saturated carbocycles. The van der Waals surface area contributed by atoms with Gasteiger partial charge in [-0.15, -0.1) is 11.3 Å². The van der Waals surface area contributed by atoms with Crippen LogP contribution >= 0.6 is 11.3 Å². The number of aromatic nitrogens is 1. The average molecular weight is 429 g/mol. The van der Waals surface area contributed by atoms with Crippen LogP contribution in [0.25, 0.3) is 0 Å². The highest BCUT2D eigenvalue weighted by Gasteiger charge is 2.29. The normalized spacial score (nSPS) is 18.7. The number of benzene rings is 1. The number of thiazole rings is 1. The highest BCUT2D eigenvalue weighted by atomic mass is 32.1. The summed E-state index contributed by atoms with van der Waals surface area (Å²) in [6.45, 7) is 7.31. The molecule has 2 heterocycles. The number of fused-ring (bicyclic) bond motifs is 1. The van der Waals surface area contributed by atoms with Gasteiger partial charge < -0.3 is 19.9 Å². The van der Waals surface area contributed by atoms with E-state index in [1.54, 1.807) is 18.3 Å². The van der Waals surface area contributed by atoms with Gasteiger partial charge in [-0.1, -0.05) is 0 Å². The molecule has 160 valence electrons. The molecule has 1 fully saturated rings. The van der Waals surface area contributed by atoms with Crippen molar-refractivity contribution >= 4 is 34.0 Å². The maximum Gasteiger partial charge on any atom is 0.227 e. The first kappa shape index (κ1) is 20.7. The summed E-state index contributed by atoms with van der Waals surface area (Å²) in [7, 11) is 0. The standard InChI is InChI=1S/C22H28N4O3S/c1-3-29-18-7-5-17(6-8-18)23-21(28)16-4-9-19-20(14-16)30-22(24-19)26-12-10-25(11-13-26)15(2)27/h5-8,16H,3-4,9-14H2,1-2H3,(H,23,28)/t16-/m0/s1. The number of ether oxygens (including phenoxy) is 1. The molecule has 30 heavy (non-hydrogen) atoms. The number of carbonyl (C=O) groups excluding carboxylic acids is 2. The fraction of sp³-hybridized carbons (Fsp3) is 0.500. The number of hydrogen-bond acceptors (Lipinski definition) is 6. The van der Waals surface area contributed by atoms with E-state index in [-0.39, 0.29) is 17.7 Å². The molecule has 8 heteroatoms. The smallest absolute Gasteiger partial charge is 0.227 e. The number of anilines is 2. The zero-order valence-electron chi connectivity index (χ0n) is 17.5. The summed E-state index contributed by atoms with van der Waals surface area (Å²) >= 11 is 1.70. The largest absolute Gasteiger partial charge is 0.494 e. The van der Waals surface area contributed by atoms with Gasteiger partial charge >= 0.3 is 0 Å². The monoisotopic (exact) mass is 428 g/mol. The van der Waals surface area contributed by atoms with Crippen molar-refractivity contribution in [1.82, 2.24) is 9.88 Å². The second kappa shape index (κ2) is 9.04. The summed E-state index contributed by atoms with van der Waals surface area (Å²) in [4.78, 5) is 34.5. The Morgan fingerprint density at radius 1 is 1.20 bits per heavy atom. The molecule has 2 aliphatic rings. The molecule has 0 unspecified atom stereocenters. The Labute approximate surface area is 181 Å².